The van der Waals surface area contributed by atoms with Gasteiger partial charge in [0.2, 0.25) is 0 Å². The van der Waals surface area contributed by atoms with Crippen LogP contribution in [0.15, 0.2) is 42.9 Å². The van der Waals surface area contributed by atoms with Crippen molar-refractivity contribution in [2.45, 2.75) is 63.5 Å². The highest BCUT2D eigenvalue weighted by molar-refractivity contribution is 6.42. The Bertz CT molecular complexity index is 1640. The molecule has 2 atom stereocenters. The number of carboxylic acids is 1. The topological polar surface area (TPSA) is 96.4 Å². The van der Waals surface area contributed by atoms with E-state index in [1.54, 1.807) is 16.8 Å². The Hall–Kier alpha value is -2.98. The lowest BCUT2D eigenvalue weighted by atomic mass is 9.61. The first-order chi connectivity index (χ1) is 19.7. The number of aliphatic hydroxyl groups is 1. The third-order valence-corrected chi connectivity index (χ3v) is 9.87. The van der Waals surface area contributed by atoms with Crippen LogP contribution in [0.2, 0.25) is 10.0 Å². The van der Waals surface area contributed by atoms with Crippen molar-refractivity contribution in [3.8, 4) is 11.1 Å². The summed E-state index contributed by atoms with van der Waals surface area (Å²) in [5.41, 5.74) is 4.39. The molecule has 2 N–H and O–H groups in total. The molecule has 2 fully saturated rings. The van der Waals surface area contributed by atoms with E-state index in [4.69, 9.17) is 23.2 Å². The lowest BCUT2D eigenvalue weighted by molar-refractivity contribution is -0.139. The van der Waals surface area contributed by atoms with Crippen LogP contribution in [0.1, 0.15) is 48.7 Å². The van der Waals surface area contributed by atoms with E-state index in [9.17, 15) is 19.4 Å². The van der Waals surface area contributed by atoms with Gasteiger partial charge in [0.15, 0.2) is 6.04 Å². The fraction of sp³-hybridized carbons (Fsp3) is 0.433. The molecule has 0 bridgehead atoms. The normalized spacial score (nSPS) is 21.3. The monoisotopic (exact) mass is 597 g/mol. The number of aliphatic carboxylic acids is 1. The van der Waals surface area contributed by atoms with Gasteiger partial charge in [-0.3, -0.25) is 9.58 Å². The Balaban J connectivity index is 1.13. The summed E-state index contributed by atoms with van der Waals surface area (Å²) in [6, 6.07) is 8.77. The summed E-state index contributed by atoms with van der Waals surface area (Å²) < 4.78 is 17.0. The second-order valence-electron chi connectivity index (χ2n) is 11.9. The number of fused-ring (bicyclic) bond motifs is 2. The van der Waals surface area contributed by atoms with Crippen molar-refractivity contribution in [2.75, 3.05) is 13.1 Å². The summed E-state index contributed by atoms with van der Waals surface area (Å²) >= 11 is 13.5. The van der Waals surface area contributed by atoms with Gasteiger partial charge in [0, 0.05) is 35.8 Å². The van der Waals surface area contributed by atoms with Gasteiger partial charge in [-0.1, -0.05) is 47.5 Å². The number of carbonyl (C=O) groups is 1. The van der Waals surface area contributed by atoms with Gasteiger partial charge in [0.25, 0.3) is 0 Å². The lowest BCUT2D eigenvalue weighted by Gasteiger charge is -2.50. The number of nitrogens with zero attached hydrogens (tertiary/aromatic N) is 5. The van der Waals surface area contributed by atoms with Crippen LogP contribution >= 0.6 is 23.2 Å². The molecule has 0 radical (unpaired) electrons. The predicted octanol–water partition coefficient (Wildman–Crippen LogP) is 5.51. The first kappa shape index (κ1) is 26.9. The van der Waals surface area contributed by atoms with Gasteiger partial charge in [0.1, 0.15) is 11.7 Å². The molecule has 1 saturated carbocycles. The number of aliphatic hydroxyl groups excluding tert-OH is 1. The molecule has 2 aromatic carbocycles. The number of aromatic nitrogens is 4. The highest BCUT2D eigenvalue weighted by Crippen LogP contribution is 2.49. The zero-order chi connectivity index (χ0) is 28.5. The zero-order valence-corrected chi connectivity index (χ0v) is 23.8. The van der Waals surface area contributed by atoms with Crippen LogP contribution < -0.4 is 0 Å². The third-order valence-electron chi connectivity index (χ3n) is 9.18. The van der Waals surface area contributed by atoms with Crippen molar-refractivity contribution in [3.63, 3.8) is 0 Å². The quantitative estimate of drug-likeness (QED) is 0.304. The average Bonchev–Trinajstić information content (AvgIpc) is 3.63. The second kappa shape index (κ2) is 10.1. The van der Waals surface area contributed by atoms with E-state index < -0.39 is 18.2 Å². The van der Waals surface area contributed by atoms with E-state index in [0.717, 1.165) is 50.9 Å². The Kier molecular flexibility index (Phi) is 6.61. The standard InChI is InChI=1S/C30H30Cl2FN5O3/c31-23-10-21(18-3-1-17(2-4-18)13-36-7-5-30(6-8-36)11-20(39)12-30)25(32)26-22(23)15-38(35-26)28(29(40)41)27-24-9-19(33)14-37(24)16-34-27/h1-4,10,15-16,19-20,28,39H,5-9,11-14H2,(H,40,41)/t19-,28?/m1/s1. The number of rotatable bonds is 6. The largest absolute Gasteiger partial charge is 0.479 e. The van der Waals surface area contributed by atoms with Gasteiger partial charge in [-0.15, -0.1) is 0 Å². The van der Waals surface area contributed by atoms with E-state index in [0.29, 0.717) is 37.6 Å². The molecule has 214 valence electrons. The minimum absolute atomic E-state index is 0.108. The molecule has 1 unspecified atom stereocenters. The highest BCUT2D eigenvalue weighted by atomic mass is 35.5. The van der Waals surface area contributed by atoms with E-state index in [-0.39, 0.29) is 24.8 Å². The van der Waals surface area contributed by atoms with Crippen molar-refractivity contribution in [1.29, 1.82) is 0 Å². The minimum atomic E-state index is -1.24. The van der Waals surface area contributed by atoms with Gasteiger partial charge >= 0.3 is 5.97 Å². The molecule has 7 rings (SSSR count). The van der Waals surface area contributed by atoms with Gasteiger partial charge in [-0.2, -0.15) is 5.10 Å². The zero-order valence-electron chi connectivity index (χ0n) is 22.3. The summed E-state index contributed by atoms with van der Waals surface area (Å²) in [7, 11) is 0. The number of alkyl halides is 1. The van der Waals surface area contributed by atoms with E-state index in [2.05, 4.69) is 27.1 Å². The molecule has 1 spiro atoms. The fourth-order valence-electron chi connectivity index (χ4n) is 6.92. The molecule has 2 aromatic heterocycles. The lowest BCUT2D eigenvalue weighted by Crippen LogP contribution is -2.48. The van der Waals surface area contributed by atoms with Gasteiger partial charge in [0.05, 0.1) is 34.7 Å². The maximum Gasteiger partial charge on any atom is 0.334 e. The number of likely N-dealkylation sites (tertiary alicyclic amines) is 1. The molecule has 1 aliphatic carbocycles. The van der Waals surface area contributed by atoms with Crippen molar-refractivity contribution in [2.24, 2.45) is 5.41 Å². The maximum absolute atomic E-state index is 14.0. The number of piperidine rings is 1. The summed E-state index contributed by atoms with van der Waals surface area (Å²) in [5, 5.41) is 25.7. The van der Waals surface area contributed by atoms with Crippen LogP contribution in [0, 0.1) is 5.41 Å². The number of hydrogen-bond acceptors (Lipinski definition) is 5. The van der Waals surface area contributed by atoms with Crippen LogP contribution in [0.3, 0.4) is 0 Å². The number of carboxylic acid groups (broad SMARTS) is 1. The Morgan fingerprint density at radius 1 is 1.17 bits per heavy atom. The Labute approximate surface area is 246 Å². The van der Waals surface area contributed by atoms with Crippen molar-refractivity contribution < 1.29 is 19.4 Å². The molecule has 41 heavy (non-hydrogen) atoms. The summed E-state index contributed by atoms with van der Waals surface area (Å²) in [5.74, 6) is -1.15. The van der Waals surface area contributed by atoms with E-state index >= 15 is 0 Å². The van der Waals surface area contributed by atoms with Crippen LogP contribution in [0.25, 0.3) is 22.0 Å². The first-order valence-corrected chi connectivity index (χ1v) is 14.7. The molecule has 0 amide bonds. The van der Waals surface area contributed by atoms with Crippen molar-refractivity contribution in [3.05, 3.63) is 69.9 Å². The van der Waals surface area contributed by atoms with E-state index in [1.807, 2.05) is 12.1 Å². The first-order valence-electron chi connectivity index (χ1n) is 14.0. The Morgan fingerprint density at radius 3 is 2.59 bits per heavy atom. The minimum Gasteiger partial charge on any atom is -0.479 e. The van der Waals surface area contributed by atoms with Gasteiger partial charge < -0.3 is 14.8 Å². The highest BCUT2D eigenvalue weighted by Gasteiger charge is 2.45. The fourth-order valence-corrected chi connectivity index (χ4v) is 7.47. The number of halogens is 3. The Morgan fingerprint density at radius 2 is 1.90 bits per heavy atom. The average molecular weight is 599 g/mol. The van der Waals surface area contributed by atoms with Crippen LogP contribution in [0.5, 0.6) is 0 Å². The molecule has 2 aliphatic heterocycles. The summed E-state index contributed by atoms with van der Waals surface area (Å²) in [4.78, 5) is 19.1. The molecule has 11 heteroatoms. The van der Waals surface area contributed by atoms with Crippen LogP contribution in [-0.4, -0.2) is 65.8 Å². The predicted molar refractivity (Wildman–Crippen MR) is 154 cm³/mol. The molecule has 8 nitrogen and oxygen atoms in total. The maximum atomic E-state index is 14.0. The smallest absolute Gasteiger partial charge is 0.334 e. The molecular formula is C30H30Cl2FN5O3. The van der Waals surface area contributed by atoms with Crippen molar-refractivity contribution >= 4 is 40.1 Å². The molecule has 3 aliphatic rings. The van der Waals surface area contributed by atoms with Gasteiger partial charge in [-0.25, -0.2) is 14.2 Å². The molecular weight excluding hydrogens is 568 g/mol. The second-order valence-corrected chi connectivity index (χ2v) is 12.7. The summed E-state index contributed by atoms with van der Waals surface area (Å²) in [6.45, 7) is 3.12. The van der Waals surface area contributed by atoms with Crippen molar-refractivity contribution in [1.82, 2.24) is 24.2 Å². The summed E-state index contributed by atoms with van der Waals surface area (Å²) in [6.07, 6.45) is 6.17. The van der Waals surface area contributed by atoms with Crippen LogP contribution in [-0.2, 0) is 24.3 Å². The van der Waals surface area contributed by atoms with Gasteiger partial charge in [-0.05, 0) is 61.4 Å². The van der Waals surface area contributed by atoms with E-state index in [1.165, 1.54) is 16.6 Å². The molecule has 4 heterocycles. The molecule has 1 saturated heterocycles. The number of benzene rings is 2. The SMILES string of the molecule is O=C(O)C(c1ncn2c1C[C@@H](F)C2)n1cc2c(Cl)cc(-c3ccc(CN4CCC5(CC4)CC(O)C5)cc3)c(Cl)c2n1. The number of hydrogen-bond donors (Lipinski definition) is 2. The number of imidazole rings is 1. The van der Waals surface area contributed by atoms with Crippen LogP contribution in [0.4, 0.5) is 4.39 Å². The third kappa shape index (κ3) is 4.73. The molecule has 4 aromatic rings.